The highest BCUT2D eigenvalue weighted by Gasteiger charge is 2.18. The number of nitrogens with zero attached hydrogens (tertiary/aromatic N) is 4. The van der Waals surface area contributed by atoms with Crippen molar-refractivity contribution in [2.24, 2.45) is 5.92 Å². The van der Waals surface area contributed by atoms with Gasteiger partial charge in [-0.1, -0.05) is 19.3 Å². The second kappa shape index (κ2) is 10.3. The zero-order chi connectivity index (χ0) is 27.1. The van der Waals surface area contributed by atoms with Crippen molar-refractivity contribution < 1.29 is 9.18 Å². The second-order valence-electron chi connectivity index (χ2n) is 10.3. The number of H-pyrrole nitrogens is 2. The van der Waals surface area contributed by atoms with Crippen LogP contribution in [0.5, 0.6) is 0 Å². The van der Waals surface area contributed by atoms with E-state index in [1.807, 2.05) is 18.2 Å². The smallest absolute Gasteiger partial charge is 0.224 e. The number of nitrogens with one attached hydrogen (secondary N) is 3. The third-order valence-corrected chi connectivity index (χ3v) is 8.51. The van der Waals surface area contributed by atoms with E-state index >= 15 is 0 Å². The van der Waals surface area contributed by atoms with Gasteiger partial charge in [0.1, 0.15) is 5.69 Å². The Morgan fingerprint density at radius 1 is 0.975 bits per heavy atom. The highest BCUT2D eigenvalue weighted by Crippen LogP contribution is 2.36. The van der Waals surface area contributed by atoms with Gasteiger partial charge in [-0.3, -0.25) is 24.8 Å². The number of aromatic nitrogens is 6. The Hall–Kier alpha value is -4.44. The van der Waals surface area contributed by atoms with E-state index in [0.29, 0.717) is 18.0 Å². The molecular weight excluding hydrogens is 525 g/mol. The van der Waals surface area contributed by atoms with Gasteiger partial charge in [-0.2, -0.15) is 9.49 Å². The van der Waals surface area contributed by atoms with Crippen LogP contribution in [-0.4, -0.2) is 36.0 Å². The molecule has 1 saturated carbocycles. The molecule has 7 rings (SSSR count). The summed E-state index contributed by atoms with van der Waals surface area (Å²) in [5, 5.41) is 12.3. The lowest BCUT2D eigenvalue weighted by molar-refractivity contribution is -0.117. The minimum Gasteiger partial charge on any atom is -0.352 e. The van der Waals surface area contributed by atoms with Crippen molar-refractivity contribution in [1.82, 2.24) is 30.1 Å². The Labute approximate surface area is 233 Å². The molecule has 0 aromatic carbocycles. The molecule has 200 valence electrons. The topological polar surface area (TPSA) is 112 Å². The first-order chi connectivity index (χ1) is 19.6. The molecule has 6 aromatic heterocycles. The molecule has 8 nitrogen and oxygen atoms in total. The highest BCUT2D eigenvalue weighted by molar-refractivity contribution is 7.14. The second-order valence-corrected chi connectivity index (χ2v) is 11.4. The number of amides is 1. The SMILES string of the molecule is O=C(CC1CCCCC1)Nc1cncc(-c2cc3c(-c4cc5c(-c6ccc(F)s6)cncc5[nH]4)n[nH]c3cn2)c1. The van der Waals surface area contributed by atoms with Crippen molar-refractivity contribution in [2.75, 3.05) is 5.32 Å². The summed E-state index contributed by atoms with van der Waals surface area (Å²) in [6.45, 7) is 0. The van der Waals surface area contributed by atoms with Crippen LogP contribution in [0.4, 0.5) is 10.1 Å². The number of fused-ring (bicyclic) bond motifs is 2. The van der Waals surface area contributed by atoms with E-state index < -0.39 is 0 Å². The minimum atomic E-state index is -0.233. The van der Waals surface area contributed by atoms with Gasteiger partial charge >= 0.3 is 0 Å². The van der Waals surface area contributed by atoms with Crippen LogP contribution in [0.1, 0.15) is 38.5 Å². The molecule has 1 fully saturated rings. The Balaban J connectivity index is 1.19. The molecule has 1 amide bonds. The van der Waals surface area contributed by atoms with Gasteiger partial charge in [-0.25, -0.2) is 0 Å². The third kappa shape index (κ3) is 4.75. The molecule has 0 aliphatic heterocycles. The predicted octanol–water partition coefficient (Wildman–Crippen LogP) is 7.34. The zero-order valence-electron chi connectivity index (χ0n) is 21.6. The maximum atomic E-state index is 13.7. The van der Waals surface area contributed by atoms with Crippen LogP contribution in [-0.2, 0) is 4.79 Å². The summed E-state index contributed by atoms with van der Waals surface area (Å²) in [7, 11) is 0. The molecule has 0 saturated heterocycles. The van der Waals surface area contributed by atoms with Gasteiger partial charge in [0, 0.05) is 45.6 Å². The minimum absolute atomic E-state index is 0.0318. The molecule has 1 aliphatic carbocycles. The normalized spacial score (nSPS) is 14.2. The van der Waals surface area contributed by atoms with Crippen molar-refractivity contribution in [3.05, 3.63) is 66.4 Å². The Kier molecular flexibility index (Phi) is 6.31. The van der Waals surface area contributed by atoms with E-state index in [1.165, 1.54) is 25.3 Å². The van der Waals surface area contributed by atoms with Gasteiger partial charge in [0.05, 0.1) is 46.7 Å². The van der Waals surface area contributed by atoms with Crippen LogP contribution in [0.15, 0.2) is 61.3 Å². The van der Waals surface area contributed by atoms with Crippen molar-refractivity contribution in [2.45, 2.75) is 38.5 Å². The van der Waals surface area contributed by atoms with Crippen molar-refractivity contribution in [3.63, 3.8) is 0 Å². The first-order valence-electron chi connectivity index (χ1n) is 13.4. The molecule has 0 atom stereocenters. The molecule has 6 aromatic rings. The maximum absolute atomic E-state index is 13.7. The molecule has 0 spiro atoms. The van der Waals surface area contributed by atoms with E-state index in [9.17, 15) is 9.18 Å². The van der Waals surface area contributed by atoms with Crippen LogP contribution < -0.4 is 5.32 Å². The number of halogens is 1. The zero-order valence-corrected chi connectivity index (χ0v) is 22.4. The quantitative estimate of drug-likeness (QED) is 0.200. The third-order valence-electron chi connectivity index (χ3n) is 7.60. The van der Waals surface area contributed by atoms with E-state index in [-0.39, 0.29) is 11.0 Å². The molecule has 6 heterocycles. The van der Waals surface area contributed by atoms with Crippen LogP contribution >= 0.6 is 11.3 Å². The molecule has 0 unspecified atom stereocenters. The highest BCUT2D eigenvalue weighted by atomic mass is 32.1. The summed E-state index contributed by atoms with van der Waals surface area (Å²) in [5.41, 5.74) is 6.23. The average molecular weight is 552 g/mol. The first-order valence-corrected chi connectivity index (χ1v) is 14.2. The number of pyridine rings is 3. The fourth-order valence-electron chi connectivity index (χ4n) is 5.63. The maximum Gasteiger partial charge on any atom is 0.224 e. The fourth-order valence-corrected chi connectivity index (χ4v) is 6.38. The number of thiophene rings is 1. The number of hydrogen-bond donors (Lipinski definition) is 3. The standard InChI is InChI=1S/C30H26FN7OS/c31-28-7-6-27(40-28)22-14-33-15-25-20(22)10-24(36-25)30-21-11-23(34-16-26(21)37-38-30)18-9-19(13-32-12-18)35-29(39)8-17-4-2-1-3-5-17/h6-7,9-17,36H,1-5,8H2,(H,35,39)(H,37,38). The fraction of sp³-hybridized carbons (Fsp3) is 0.233. The Bertz CT molecular complexity index is 1850. The largest absolute Gasteiger partial charge is 0.352 e. The van der Waals surface area contributed by atoms with Gasteiger partial charge < -0.3 is 10.3 Å². The van der Waals surface area contributed by atoms with E-state index in [1.54, 1.807) is 37.1 Å². The number of rotatable bonds is 6. The van der Waals surface area contributed by atoms with E-state index in [0.717, 1.165) is 79.1 Å². The molecule has 1 aliphatic rings. The summed E-state index contributed by atoms with van der Waals surface area (Å²) in [6.07, 6.45) is 15.2. The summed E-state index contributed by atoms with van der Waals surface area (Å²) in [5.74, 6) is 0.501. The van der Waals surface area contributed by atoms with Crippen molar-refractivity contribution >= 4 is 44.7 Å². The van der Waals surface area contributed by atoms with E-state index in [4.69, 9.17) is 0 Å². The molecule has 40 heavy (non-hydrogen) atoms. The lowest BCUT2D eigenvalue weighted by Gasteiger charge is -2.20. The first kappa shape index (κ1) is 24.6. The average Bonchev–Trinajstić information content (AvgIpc) is 3.71. The van der Waals surface area contributed by atoms with Crippen LogP contribution in [0.2, 0.25) is 0 Å². The Morgan fingerprint density at radius 2 is 1.85 bits per heavy atom. The van der Waals surface area contributed by atoms with Crippen LogP contribution in [0.3, 0.4) is 0 Å². The summed E-state index contributed by atoms with van der Waals surface area (Å²) in [6, 6.07) is 9.13. The van der Waals surface area contributed by atoms with Gasteiger partial charge in [0.2, 0.25) is 5.91 Å². The van der Waals surface area contributed by atoms with E-state index in [2.05, 4.69) is 35.5 Å². The van der Waals surface area contributed by atoms with Crippen LogP contribution in [0, 0.1) is 11.0 Å². The van der Waals surface area contributed by atoms with Crippen molar-refractivity contribution in [3.8, 4) is 33.1 Å². The molecule has 0 radical (unpaired) electrons. The number of carbonyl (C=O) groups excluding carboxylic acids is 1. The van der Waals surface area contributed by atoms with Gasteiger partial charge in [0.25, 0.3) is 0 Å². The van der Waals surface area contributed by atoms with Crippen molar-refractivity contribution in [1.29, 1.82) is 0 Å². The summed E-state index contributed by atoms with van der Waals surface area (Å²) >= 11 is 1.09. The molecular formula is C30H26FN7OS. The van der Waals surface area contributed by atoms with Crippen LogP contribution in [0.25, 0.3) is 54.9 Å². The summed E-state index contributed by atoms with van der Waals surface area (Å²) in [4.78, 5) is 30.2. The monoisotopic (exact) mass is 551 g/mol. The van der Waals surface area contributed by atoms with Gasteiger partial charge in [0.15, 0.2) is 5.13 Å². The lowest BCUT2D eigenvalue weighted by Crippen LogP contribution is -2.18. The number of aromatic amines is 2. The van der Waals surface area contributed by atoms with Gasteiger partial charge in [-0.05, 0) is 49.1 Å². The molecule has 3 N–H and O–H groups in total. The van der Waals surface area contributed by atoms with Gasteiger partial charge in [-0.15, -0.1) is 11.3 Å². The molecule has 0 bridgehead atoms. The Morgan fingerprint density at radius 3 is 2.70 bits per heavy atom. The number of anilines is 1. The summed E-state index contributed by atoms with van der Waals surface area (Å²) < 4.78 is 13.7. The predicted molar refractivity (Wildman–Crippen MR) is 155 cm³/mol. The lowest BCUT2D eigenvalue weighted by atomic mass is 9.87. The number of carbonyl (C=O) groups is 1. The number of hydrogen-bond acceptors (Lipinski definition) is 6. The molecule has 10 heteroatoms.